The van der Waals surface area contributed by atoms with E-state index in [1.54, 1.807) is 7.11 Å². The van der Waals surface area contributed by atoms with Gasteiger partial charge in [-0.1, -0.05) is 36.7 Å². The van der Waals surface area contributed by atoms with E-state index in [2.05, 4.69) is 42.8 Å². The third-order valence-corrected chi connectivity index (χ3v) is 4.41. The Balaban J connectivity index is 2.63. The van der Waals surface area contributed by atoms with Crippen molar-refractivity contribution in [3.63, 3.8) is 0 Å². The van der Waals surface area contributed by atoms with Crippen molar-refractivity contribution in [2.24, 2.45) is 5.73 Å². The average Bonchev–Trinajstić information content (AvgIpc) is 2.26. The summed E-state index contributed by atoms with van der Waals surface area (Å²) in [4.78, 5) is 0. The molecule has 18 heavy (non-hydrogen) atoms. The Labute approximate surface area is 123 Å². The van der Waals surface area contributed by atoms with Crippen LogP contribution in [-0.2, 0) is 6.42 Å². The Kier molecular flexibility index (Phi) is 6.02. The molecule has 0 aromatic heterocycles. The summed E-state index contributed by atoms with van der Waals surface area (Å²) in [5.41, 5.74) is 7.36. The van der Waals surface area contributed by atoms with Gasteiger partial charge in [0.1, 0.15) is 5.75 Å². The zero-order valence-corrected chi connectivity index (χ0v) is 13.9. The van der Waals surface area contributed by atoms with Gasteiger partial charge in [0, 0.05) is 21.0 Å². The summed E-state index contributed by atoms with van der Waals surface area (Å²) in [5.74, 6) is 1.87. The van der Waals surface area contributed by atoms with Crippen molar-refractivity contribution >= 4 is 27.7 Å². The van der Waals surface area contributed by atoms with Crippen molar-refractivity contribution in [3.05, 3.63) is 28.2 Å². The van der Waals surface area contributed by atoms with E-state index in [0.29, 0.717) is 0 Å². The molecule has 0 radical (unpaired) electrons. The first-order valence-corrected chi connectivity index (χ1v) is 7.81. The van der Waals surface area contributed by atoms with E-state index in [9.17, 15) is 0 Å². The molecule has 0 saturated heterocycles. The van der Waals surface area contributed by atoms with E-state index in [0.717, 1.165) is 28.0 Å². The van der Waals surface area contributed by atoms with Crippen molar-refractivity contribution in [2.75, 3.05) is 12.9 Å². The second-order valence-corrected chi connectivity index (χ2v) is 8.11. The summed E-state index contributed by atoms with van der Waals surface area (Å²) < 4.78 is 6.69. The minimum atomic E-state index is 0.150. The fourth-order valence-corrected chi connectivity index (χ4v) is 2.85. The first kappa shape index (κ1) is 15.9. The zero-order chi connectivity index (χ0) is 13.8. The van der Waals surface area contributed by atoms with E-state index < -0.39 is 0 Å². The lowest BCUT2D eigenvalue weighted by Crippen LogP contribution is -2.28. The maximum absolute atomic E-state index is 6.19. The molecule has 1 rings (SSSR count). The van der Waals surface area contributed by atoms with Gasteiger partial charge in [0.25, 0.3) is 0 Å². The molecule has 0 spiro atoms. The zero-order valence-electron chi connectivity index (χ0n) is 11.5. The molecule has 0 aliphatic carbocycles. The third kappa shape index (κ3) is 5.63. The molecule has 1 atom stereocenters. The minimum absolute atomic E-state index is 0.150. The SMILES string of the molecule is COc1ccc(Br)cc1CC(N)CSC(C)(C)C. The van der Waals surface area contributed by atoms with Crippen molar-refractivity contribution in [1.29, 1.82) is 0 Å². The van der Waals surface area contributed by atoms with Crippen LogP contribution in [0.5, 0.6) is 5.75 Å². The monoisotopic (exact) mass is 331 g/mol. The van der Waals surface area contributed by atoms with Gasteiger partial charge >= 0.3 is 0 Å². The topological polar surface area (TPSA) is 35.2 Å². The predicted molar refractivity (Wildman–Crippen MR) is 84.6 cm³/mol. The van der Waals surface area contributed by atoms with Crippen molar-refractivity contribution < 1.29 is 4.74 Å². The molecule has 0 bridgehead atoms. The lowest BCUT2D eigenvalue weighted by atomic mass is 10.1. The highest BCUT2D eigenvalue weighted by Crippen LogP contribution is 2.27. The molecule has 2 N–H and O–H groups in total. The summed E-state index contributed by atoms with van der Waals surface area (Å²) in [6, 6.07) is 6.19. The van der Waals surface area contributed by atoms with Crippen molar-refractivity contribution in [1.82, 2.24) is 0 Å². The van der Waals surface area contributed by atoms with E-state index >= 15 is 0 Å². The molecule has 0 aliphatic heterocycles. The van der Waals surface area contributed by atoms with Crippen LogP contribution in [0.25, 0.3) is 0 Å². The Bertz CT molecular complexity index is 390. The maximum atomic E-state index is 6.19. The van der Waals surface area contributed by atoms with Crippen molar-refractivity contribution in [2.45, 2.75) is 38.0 Å². The first-order valence-electron chi connectivity index (χ1n) is 6.04. The van der Waals surface area contributed by atoms with Gasteiger partial charge < -0.3 is 10.5 Å². The number of rotatable bonds is 5. The number of hydrogen-bond acceptors (Lipinski definition) is 3. The molecule has 1 aromatic rings. The van der Waals surface area contributed by atoms with Crippen LogP contribution in [0, 0.1) is 0 Å². The lowest BCUT2D eigenvalue weighted by molar-refractivity contribution is 0.408. The molecule has 0 fully saturated rings. The fraction of sp³-hybridized carbons (Fsp3) is 0.571. The van der Waals surface area contributed by atoms with Gasteiger partial charge in [0.2, 0.25) is 0 Å². The predicted octanol–water partition coefficient (Wildman–Crippen LogP) is 3.86. The summed E-state index contributed by atoms with van der Waals surface area (Å²) >= 11 is 5.39. The molecule has 4 heteroatoms. The quantitative estimate of drug-likeness (QED) is 0.889. The lowest BCUT2D eigenvalue weighted by Gasteiger charge is -2.21. The van der Waals surface area contributed by atoms with Crippen LogP contribution < -0.4 is 10.5 Å². The fourth-order valence-electron chi connectivity index (χ4n) is 1.61. The van der Waals surface area contributed by atoms with Gasteiger partial charge in [0.15, 0.2) is 0 Å². The first-order chi connectivity index (χ1) is 8.31. The molecule has 0 saturated carbocycles. The van der Waals surface area contributed by atoms with Gasteiger partial charge in [0.05, 0.1) is 7.11 Å². The molecule has 0 amide bonds. The summed E-state index contributed by atoms with van der Waals surface area (Å²) in [7, 11) is 1.70. The van der Waals surface area contributed by atoms with E-state index in [1.807, 2.05) is 23.9 Å². The summed E-state index contributed by atoms with van der Waals surface area (Å²) in [6.07, 6.45) is 0.839. The normalized spacial score (nSPS) is 13.4. The largest absolute Gasteiger partial charge is 0.496 e. The van der Waals surface area contributed by atoms with Gasteiger partial charge in [-0.3, -0.25) is 0 Å². The van der Waals surface area contributed by atoms with E-state index in [1.165, 1.54) is 0 Å². The molecule has 102 valence electrons. The maximum Gasteiger partial charge on any atom is 0.122 e. The van der Waals surface area contributed by atoms with Crippen LogP contribution in [0.1, 0.15) is 26.3 Å². The third-order valence-electron chi connectivity index (χ3n) is 2.45. The Morgan fingerprint density at radius 3 is 2.61 bits per heavy atom. The minimum Gasteiger partial charge on any atom is -0.496 e. The highest BCUT2D eigenvalue weighted by atomic mass is 79.9. The van der Waals surface area contributed by atoms with Crippen LogP contribution in [0.2, 0.25) is 0 Å². The van der Waals surface area contributed by atoms with Gasteiger partial charge in [-0.2, -0.15) is 11.8 Å². The van der Waals surface area contributed by atoms with E-state index in [4.69, 9.17) is 10.5 Å². The molecular weight excluding hydrogens is 310 g/mol. The number of thioether (sulfide) groups is 1. The molecule has 0 aliphatic rings. The molecular formula is C14H22BrNOS. The number of hydrogen-bond donors (Lipinski definition) is 1. The molecule has 2 nitrogen and oxygen atoms in total. The molecule has 1 unspecified atom stereocenters. The second-order valence-electron chi connectivity index (χ2n) is 5.34. The van der Waals surface area contributed by atoms with Gasteiger partial charge in [-0.05, 0) is 30.2 Å². The van der Waals surface area contributed by atoms with Crippen LogP contribution in [0.15, 0.2) is 22.7 Å². The smallest absolute Gasteiger partial charge is 0.122 e. The average molecular weight is 332 g/mol. The summed E-state index contributed by atoms with van der Waals surface area (Å²) in [6.45, 7) is 6.64. The second kappa shape index (κ2) is 6.83. The van der Waals surface area contributed by atoms with Gasteiger partial charge in [-0.25, -0.2) is 0 Å². The number of nitrogens with two attached hydrogens (primary N) is 1. The van der Waals surface area contributed by atoms with E-state index in [-0.39, 0.29) is 10.8 Å². The Hall–Kier alpha value is -0.190. The molecule has 0 heterocycles. The van der Waals surface area contributed by atoms with Crippen LogP contribution >= 0.6 is 27.7 Å². The van der Waals surface area contributed by atoms with Crippen molar-refractivity contribution in [3.8, 4) is 5.75 Å². The number of benzene rings is 1. The number of halogens is 1. The molecule has 1 aromatic carbocycles. The number of ether oxygens (including phenoxy) is 1. The Morgan fingerprint density at radius 2 is 2.06 bits per heavy atom. The highest BCUT2D eigenvalue weighted by molar-refractivity contribution is 9.10. The van der Waals surface area contributed by atoms with Crippen LogP contribution in [0.4, 0.5) is 0 Å². The van der Waals surface area contributed by atoms with Crippen LogP contribution in [0.3, 0.4) is 0 Å². The Morgan fingerprint density at radius 1 is 1.39 bits per heavy atom. The highest BCUT2D eigenvalue weighted by Gasteiger charge is 2.15. The van der Waals surface area contributed by atoms with Crippen LogP contribution in [-0.4, -0.2) is 23.7 Å². The standard InChI is InChI=1S/C14H22BrNOS/c1-14(2,3)18-9-12(16)8-10-7-11(15)5-6-13(10)17-4/h5-7,12H,8-9,16H2,1-4H3. The summed E-state index contributed by atoms with van der Waals surface area (Å²) in [5, 5.41) is 0. The number of methoxy groups -OCH3 is 1. The van der Waals surface area contributed by atoms with Gasteiger partial charge in [-0.15, -0.1) is 0 Å².